The van der Waals surface area contributed by atoms with E-state index in [1.165, 1.54) is 0 Å². The summed E-state index contributed by atoms with van der Waals surface area (Å²) in [7, 11) is -0.677. The molecular formula is C9H18N2O2S. The van der Waals surface area contributed by atoms with Gasteiger partial charge in [0.25, 0.3) is 0 Å². The molecule has 1 unspecified atom stereocenters. The average Bonchev–Trinajstić information content (AvgIpc) is 2.38. The Hall–Kier alpha value is -0.130. The maximum Gasteiger partial charge on any atom is 0.151 e. The van der Waals surface area contributed by atoms with E-state index < -0.39 is 9.84 Å². The standard InChI is InChI=1S/C9H18N2O2S/c1-11(6-8-4-10-5-8)9-2-3-14(12,13)7-9/h8-10H,2-7H2,1H3. The van der Waals surface area contributed by atoms with Crippen LogP contribution in [0.4, 0.5) is 0 Å². The Morgan fingerprint density at radius 3 is 2.57 bits per heavy atom. The van der Waals surface area contributed by atoms with Gasteiger partial charge in [-0.05, 0) is 19.4 Å². The van der Waals surface area contributed by atoms with Crippen LogP contribution in [0.5, 0.6) is 0 Å². The van der Waals surface area contributed by atoms with E-state index in [2.05, 4.69) is 10.2 Å². The van der Waals surface area contributed by atoms with Gasteiger partial charge in [0.2, 0.25) is 0 Å². The first-order valence-corrected chi connectivity index (χ1v) is 7.00. The first-order valence-electron chi connectivity index (χ1n) is 5.18. The zero-order chi connectivity index (χ0) is 10.2. The van der Waals surface area contributed by atoms with Crippen LogP contribution in [0.3, 0.4) is 0 Å². The molecule has 5 heteroatoms. The normalized spacial score (nSPS) is 32.0. The highest BCUT2D eigenvalue weighted by Crippen LogP contribution is 2.18. The van der Waals surface area contributed by atoms with Crippen LogP contribution in [0.15, 0.2) is 0 Å². The minimum atomic E-state index is -2.72. The molecule has 0 amide bonds. The lowest BCUT2D eigenvalue weighted by molar-refractivity contribution is 0.186. The Morgan fingerprint density at radius 1 is 1.43 bits per heavy atom. The van der Waals surface area contributed by atoms with E-state index in [1.807, 2.05) is 7.05 Å². The van der Waals surface area contributed by atoms with Gasteiger partial charge in [-0.25, -0.2) is 8.42 Å². The molecule has 1 N–H and O–H groups in total. The van der Waals surface area contributed by atoms with Gasteiger partial charge in [0, 0.05) is 25.7 Å². The van der Waals surface area contributed by atoms with Crippen molar-refractivity contribution in [2.75, 3.05) is 38.2 Å². The second-order valence-corrected chi connectivity index (χ2v) is 6.75. The van der Waals surface area contributed by atoms with Crippen molar-refractivity contribution in [3.05, 3.63) is 0 Å². The van der Waals surface area contributed by atoms with Gasteiger partial charge in [0.1, 0.15) is 0 Å². The summed E-state index contributed by atoms with van der Waals surface area (Å²) >= 11 is 0. The van der Waals surface area contributed by atoms with Gasteiger partial charge in [-0.15, -0.1) is 0 Å². The van der Waals surface area contributed by atoms with Crippen LogP contribution < -0.4 is 5.32 Å². The van der Waals surface area contributed by atoms with E-state index in [4.69, 9.17) is 0 Å². The molecule has 2 aliphatic rings. The first kappa shape index (κ1) is 10.4. The third kappa shape index (κ3) is 2.27. The van der Waals surface area contributed by atoms with Crippen molar-refractivity contribution in [3.8, 4) is 0 Å². The first-order chi connectivity index (χ1) is 6.57. The molecule has 2 aliphatic heterocycles. The summed E-state index contributed by atoms with van der Waals surface area (Å²) in [5.41, 5.74) is 0. The summed E-state index contributed by atoms with van der Waals surface area (Å²) in [6, 6.07) is 0.264. The average molecular weight is 218 g/mol. The quantitative estimate of drug-likeness (QED) is 0.682. The molecule has 2 saturated heterocycles. The lowest BCUT2D eigenvalue weighted by Crippen LogP contribution is -2.49. The molecule has 0 aromatic heterocycles. The molecule has 2 rings (SSSR count). The van der Waals surface area contributed by atoms with Crippen LogP contribution in [0.1, 0.15) is 6.42 Å². The molecule has 82 valence electrons. The highest BCUT2D eigenvalue weighted by atomic mass is 32.2. The summed E-state index contributed by atoms with van der Waals surface area (Å²) in [6.45, 7) is 3.21. The van der Waals surface area contributed by atoms with Crippen LogP contribution in [0, 0.1) is 5.92 Å². The maximum absolute atomic E-state index is 11.3. The molecule has 2 heterocycles. The Labute approximate surface area is 85.6 Å². The Kier molecular flexibility index (Phi) is 2.81. The van der Waals surface area contributed by atoms with Gasteiger partial charge < -0.3 is 10.2 Å². The number of hydrogen-bond acceptors (Lipinski definition) is 4. The third-order valence-electron chi connectivity index (χ3n) is 3.24. The van der Waals surface area contributed by atoms with Crippen LogP contribution in [0.25, 0.3) is 0 Å². The van der Waals surface area contributed by atoms with E-state index >= 15 is 0 Å². The molecule has 0 aromatic carbocycles. The highest BCUT2D eigenvalue weighted by Gasteiger charge is 2.32. The molecule has 0 aromatic rings. The summed E-state index contributed by atoms with van der Waals surface area (Å²) in [4.78, 5) is 2.22. The predicted octanol–water partition coefficient (Wildman–Crippen LogP) is -0.675. The molecular weight excluding hydrogens is 200 g/mol. The van der Waals surface area contributed by atoms with Crippen LogP contribution >= 0.6 is 0 Å². The summed E-state index contributed by atoms with van der Waals surface area (Å²) in [5, 5.41) is 3.23. The monoisotopic (exact) mass is 218 g/mol. The van der Waals surface area contributed by atoms with Gasteiger partial charge in [-0.1, -0.05) is 0 Å². The zero-order valence-electron chi connectivity index (χ0n) is 8.57. The molecule has 1 atom stereocenters. The topological polar surface area (TPSA) is 49.4 Å². The molecule has 2 fully saturated rings. The van der Waals surface area contributed by atoms with E-state index in [1.54, 1.807) is 0 Å². The summed E-state index contributed by atoms with van der Waals surface area (Å²) < 4.78 is 22.6. The van der Waals surface area contributed by atoms with Gasteiger partial charge in [-0.2, -0.15) is 0 Å². The van der Waals surface area contributed by atoms with Crippen molar-refractivity contribution in [1.82, 2.24) is 10.2 Å². The van der Waals surface area contributed by atoms with Crippen molar-refractivity contribution in [2.45, 2.75) is 12.5 Å². The maximum atomic E-state index is 11.3. The van der Waals surface area contributed by atoms with E-state index in [0.717, 1.165) is 32.0 Å². The fourth-order valence-electron chi connectivity index (χ4n) is 2.16. The van der Waals surface area contributed by atoms with E-state index in [0.29, 0.717) is 11.5 Å². The number of hydrogen-bond donors (Lipinski definition) is 1. The second kappa shape index (κ2) is 3.79. The minimum absolute atomic E-state index is 0.264. The van der Waals surface area contributed by atoms with Crippen molar-refractivity contribution >= 4 is 9.84 Å². The third-order valence-corrected chi connectivity index (χ3v) is 4.99. The second-order valence-electron chi connectivity index (χ2n) is 4.52. The van der Waals surface area contributed by atoms with Gasteiger partial charge in [-0.3, -0.25) is 0 Å². The largest absolute Gasteiger partial charge is 0.316 e. The highest BCUT2D eigenvalue weighted by molar-refractivity contribution is 7.91. The SMILES string of the molecule is CN(CC1CNC1)C1CCS(=O)(=O)C1. The van der Waals surface area contributed by atoms with Crippen molar-refractivity contribution < 1.29 is 8.42 Å². The fourth-order valence-corrected chi connectivity index (χ4v) is 3.96. The van der Waals surface area contributed by atoms with Gasteiger partial charge >= 0.3 is 0 Å². The molecule has 0 aliphatic carbocycles. The number of nitrogens with one attached hydrogen (secondary N) is 1. The van der Waals surface area contributed by atoms with Crippen LogP contribution in [-0.2, 0) is 9.84 Å². The molecule has 4 nitrogen and oxygen atoms in total. The molecule has 0 saturated carbocycles. The lowest BCUT2D eigenvalue weighted by Gasteiger charge is -2.33. The minimum Gasteiger partial charge on any atom is -0.316 e. The smallest absolute Gasteiger partial charge is 0.151 e. The Bertz CT molecular complexity index is 298. The molecule has 0 radical (unpaired) electrons. The fraction of sp³-hybridized carbons (Fsp3) is 1.00. The van der Waals surface area contributed by atoms with Gasteiger partial charge in [0.05, 0.1) is 11.5 Å². The zero-order valence-corrected chi connectivity index (χ0v) is 9.39. The molecule has 0 spiro atoms. The Balaban J connectivity index is 1.83. The number of rotatable bonds is 3. The predicted molar refractivity (Wildman–Crippen MR) is 56.0 cm³/mol. The number of nitrogens with zero attached hydrogens (tertiary/aromatic N) is 1. The van der Waals surface area contributed by atoms with Crippen molar-refractivity contribution in [1.29, 1.82) is 0 Å². The van der Waals surface area contributed by atoms with Crippen molar-refractivity contribution in [2.24, 2.45) is 5.92 Å². The Morgan fingerprint density at radius 2 is 2.14 bits per heavy atom. The molecule has 0 bridgehead atoms. The van der Waals surface area contributed by atoms with E-state index in [-0.39, 0.29) is 6.04 Å². The van der Waals surface area contributed by atoms with Crippen LogP contribution in [-0.4, -0.2) is 57.5 Å². The summed E-state index contributed by atoms with van der Waals surface area (Å²) in [6.07, 6.45) is 0.818. The number of sulfone groups is 1. The van der Waals surface area contributed by atoms with Gasteiger partial charge in [0.15, 0.2) is 9.84 Å². The van der Waals surface area contributed by atoms with Crippen LogP contribution in [0.2, 0.25) is 0 Å². The summed E-state index contributed by atoms with van der Waals surface area (Å²) in [5.74, 6) is 1.47. The van der Waals surface area contributed by atoms with Crippen molar-refractivity contribution in [3.63, 3.8) is 0 Å². The van der Waals surface area contributed by atoms with E-state index in [9.17, 15) is 8.42 Å². The lowest BCUT2D eigenvalue weighted by atomic mass is 10.0. The molecule has 14 heavy (non-hydrogen) atoms.